The van der Waals surface area contributed by atoms with Crippen LogP contribution in [0.4, 0.5) is 0 Å². The zero-order valence-electron chi connectivity index (χ0n) is 13.1. The van der Waals surface area contributed by atoms with E-state index in [0.717, 1.165) is 0 Å². The first kappa shape index (κ1) is 27.3. The van der Waals surface area contributed by atoms with Gasteiger partial charge in [0.1, 0.15) is 24.8 Å². The molecule has 0 bridgehead atoms. The number of aromatic amines is 1. The molecule has 27 heavy (non-hydrogen) atoms. The summed E-state index contributed by atoms with van der Waals surface area (Å²) in [6.07, 6.45) is 0. The molecule has 0 atom stereocenters. The number of aromatic nitrogens is 2. The topological polar surface area (TPSA) is 252 Å². The molecule has 0 unspecified atom stereocenters. The van der Waals surface area contributed by atoms with Crippen LogP contribution in [-0.4, -0.2) is 61.9 Å². The van der Waals surface area contributed by atoms with Crippen molar-refractivity contribution < 1.29 is 111 Å². The Bertz CT molecular complexity index is 1320. The number of nitrogens with one attached hydrogen (secondary N) is 1. The van der Waals surface area contributed by atoms with E-state index in [1.54, 1.807) is 4.98 Å². The van der Waals surface area contributed by atoms with Crippen LogP contribution in [0.2, 0.25) is 0 Å². The Kier molecular flexibility index (Phi) is 8.32. The minimum atomic E-state index is -5.89. The van der Waals surface area contributed by atoms with E-state index in [1.807, 2.05) is 0 Å². The van der Waals surface area contributed by atoms with Gasteiger partial charge in [-0.3, -0.25) is 9.11 Å². The average molecular weight is 482 g/mol. The molecule has 3 N–H and O–H groups in total. The van der Waals surface area contributed by atoms with Gasteiger partial charge in [0.25, 0.3) is 20.2 Å². The third-order valence-corrected chi connectivity index (χ3v) is 6.31. The molecule has 0 aliphatic heterocycles. The first-order valence-electron chi connectivity index (χ1n) is 5.37. The summed E-state index contributed by atoms with van der Waals surface area (Å²) < 4.78 is 130. The van der Waals surface area contributed by atoms with Gasteiger partial charge in [-0.1, -0.05) is 0 Å². The van der Waals surface area contributed by atoms with Gasteiger partial charge in [0.15, 0.2) is 10.1 Å². The van der Waals surface area contributed by atoms with Gasteiger partial charge in [-0.2, -0.15) is 16.8 Å². The number of benzene rings is 1. The molecule has 0 saturated heterocycles. The maximum atomic E-state index is 11.4. The van der Waals surface area contributed by atoms with Crippen molar-refractivity contribution >= 4 is 51.5 Å². The number of nitrogens with zero attached hydrogens (tertiary/aromatic N) is 1. The number of hydrogen-bond donors (Lipinski definition) is 3. The Morgan fingerprint density at radius 1 is 0.815 bits per heavy atom. The summed E-state index contributed by atoms with van der Waals surface area (Å²) >= 11 is 0. The second kappa shape index (κ2) is 8.22. The first-order valence-corrected chi connectivity index (χ1v) is 11.1. The minimum absolute atomic E-state index is 0. The molecule has 0 amide bonds. The molecule has 2 rings (SSSR count). The molecule has 1 heterocycles. The van der Waals surface area contributed by atoms with Crippen molar-refractivity contribution in [3.05, 3.63) is 6.07 Å². The van der Waals surface area contributed by atoms with Crippen molar-refractivity contribution in [2.24, 2.45) is 0 Å². The third kappa shape index (κ3) is 5.69. The smallest absolute Gasteiger partial charge is 0.744 e. The van der Waals surface area contributed by atoms with Crippen molar-refractivity contribution in [2.45, 2.75) is 19.8 Å². The van der Waals surface area contributed by atoms with E-state index in [-0.39, 0.29) is 65.2 Å². The van der Waals surface area contributed by atoms with Crippen molar-refractivity contribution in [3.8, 4) is 0 Å². The molecule has 0 aliphatic rings. The largest absolute Gasteiger partial charge is 1.00 e. The fourth-order valence-corrected chi connectivity index (χ4v) is 5.59. The van der Waals surface area contributed by atoms with Gasteiger partial charge >= 0.3 is 59.1 Å². The van der Waals surface area contributed by atoms with Gasteiger partial charge in [-0.15, -0.1) is 0 Å². The van der Waals surface area contributed by atoms with Crippen LogP contribution >= 0.6 is 0 Å². The fraction of sp³-hybridized carbons (Fsp3) is 0. The molecule has 0 fully saturated rings. The zero-order valence-corrected chi connectivity index (χ0v) is 20.4. The molecular formula is C7H4N2Na2O12S4. The second-order valence-corrected chi connectivity index (χ2v) is 9.69. The summed E-state index contributed by atoms with van der Waals surface area (Å²) in [7, 11) is -22.5. The van der Waals surface area contributed by atoms with Crippen LogP contribution in [-0.2, 0) is 40.5 Å². The molecule has 0 spiro atoms. The second-order valence-electron chi connectivity index (χ2n) is 4.33. The molecule has 1 aromatic heterocycles. The summed E-state index contributed by atoms with van der Waals surface area (Å²) in [4.78, 5) is -1.14. The Hall–Kier alpha value is 0.330. The van der Waals surface area contributed by atoms with Crippen molar-refractivity contribution in [2.75, 3.05) is 0 Å². The van der Waals surface area contributed by atoms with E-state index >= 15 is 0 Å². The summed E-state index contributed by atoms with van der Waals surface area (Å²) in [5, 5.41) is -1.47. The third-order valence-electron chi connectivity index (χ3n) is 2.66. The van der Waals surface area contributed by atoms with E-state index in [9.17, 15) is 42.8 Å². The van der Waals surface area contributed by atoms with Gasteiger partial charge in [0.2, 0.25) is 5.16 Å². The van der Waals surface area contributed by atoms with E-state index in [4.69, 9.17) is 9.11 Å². The molecule has 0 radical (unpaired) electrons. The summed E-state index contributed by atoms with van der Waals surface area (Å²) in [6, 6.07) is 0.146. The van der Waals surface area contributed by atoms with Gasteiger partial charge in [0.05, 0.1) is 11.0 Å². The van der Waals surface area contributed by atoms with E-state index in [2.05, 4.69) is 4.98 Å². The standard InChI is InChI=1S/C7H6N2O12S4.2Na/c10-22(11,12)3-1-2-4(9-7(8-2)25(19,20)21)6(24(16,17)18)5(3)23(13,14)15;;/h1H,(H,8,9)(H,10,11,12)(H,13,14,15)(H,16,17,18)(H,19,20,21);;/q;2*+1/p-2. The van der Waals surface area contributed by atoms with Crippen LogP contribution in [0, 0.1) is 0 Å². The normalized spacial score (nSPS) is 13.0. The number of H-pyrrole nitrogens is 1. The maximum Gasteiger partial charge on any atom is 1.00 e. The molecule has 14 nitrogen and oxygen atoms in total. The Morgan fingerprint density at radius 2 is 1.30 bits per heavy atom. The van der Waals surface area contributed by atoms with Crippen LogP contribution in [0.15, 0.2) is 25.9 Å². The minimum Gasteiger partial charge on any atom is -0.744 e. The zero-order chi connectivity index (χ0) is 19.6. The Morgan fingerprint density at radius 3 is 1.63 bits per heavy atom. The van der Waals surface area contributed by atoms with Gasteiger partial charge in [-0.05, 0) is 6.07 Å². The molecule has 140 valence electrons. The predicted octanol–water partition coefficient (Wildman–Crippen LogP) is -8.13. The van der Waals surface area contributed by atoms with Crippen LogP contribution < -0.4 is 59.1 Å². The summed E-state index contributed by atoms with van der Waals surface area (Å²) in [5.41, 5.74) is -2.15. The number of fused-ring (bicyclic) bond motifs is 1. The SMILES string of the molecule is O=S(=O)([O-])c1nc2cc(S(=O)(=O)O)c(S(=O)(=O)O)c(S(=O)(=O)[O-])c2[nH]1.[Na+].[Na+]. The van der Waals surface area contributed by atoms with Crippen LogP contribution in [0.5, 0.6) is 0 Å². The number of rotatable bonds is 4. The van der Waals surface area contributed by atoms with Crippen molar-refractivity contribution in [1.82, 2.24) is 9.97 Å². The maximum absolute atomic E-state index is 11.4. The monoisotopic (exact) mass is 482 g/mol. The molecule has 0 saturated carbocycles. The van der Waals surface area contributed by atoms with Crippen LogP contribution in [0.25, 0.3) is 11.0 Å². The molecular weight excluding hydrogens is 478 g/mol. The molecule has 2 aromatic rings. The Labute approximate surface area is 196 Å². The average Bonchev–Trinajstić information content (AvgIpc) is 2.75. The number of hydrogen-bond acceptors (Lipinski definition) is 11. The first-order chi connectivity index (χ1) is 10.9. The van der Waals surface area contributed by atoms with E-state index in [0.29, 0.717) is 0 Å². The fourth-order valence-electron chi connectivity index (χ4n) is 1.85. The summed E-state index contributed by atoms with van der Waals surface area (Å²) in [6.45, 7) is 0. The quantitative estimate of drug-likeness (QED) is 0.271. The summed E-state index contributed by atoms with van der Waals surface area (Å²) in [5.74, 6) is 0. The van der Waals surface area contributed by atoms with E-state index < -0.39 is 71.3 Å². The number of imidazole rings is 1. The molecule has 20 heteroatoms. The van der Waals surface area contributed by atoms with Gasteiger partial charge in [0, 0.05) is 0 Å². The molecule has 1 aromatic carbocycles. The van der Waals surface area contributed by atoms with E-state index in [1.165, 1.54) is 0 Å². The molecule has 0 aliphatic carbocycles. The van der Waals surface area contributed by atoms with Crippen LogP contribution in [0.3, 0.4) is 0 Å². The van der Waals surface area contributed by atoms with Crippen molar-refractivity contribution in [3.63, 3.8) is 0 Å². The van der Waals surface area contributed by atoms with Gasteiger partial charge in [-0.25, -0.2) is 21.8 Å². The van der Waals surface area contributed by atoms with Gasteiger partial charge < -0.3 is 14.1 Å². The Balaban J connectivity index is 0.00000338. The predicted molar refractivity (Wildman–Crippen MR) is 71.6 cm³/mol. The van der Waals surface area contributed by atoms with Crippen LogP contribution in [0.1, 0.15) is 0 Å². The van der Waals surface area contributed by atoms with Crippen molar-refractivity contribution in [1.29, 1.82) is 0 Å².